The molecule has 3 rings (SSSR count). The maximum absolute atomic E-state index is 12.4. The number of benzene rings is 1. The zero-order valence-electron chi connectivity index (χ0n) is 13.7. The highest BCUT2D eigenvalue weighted by atomic mass is 16.2. The summed E-state index contributed by atoms with van der Waals surface area (Å²) in [4.78, 5) is 24.1. The van der Waals surface area contributed by atoms with Crippen LogP contribution in [0, 0.1) is 5.92 Å². The number of hydrogen-bond acceptors (Lipinski definition) is 2. The Morgan fingerprint density at radius 1 is 1.22 bits per heavy atom. The molecule has 5 heteroatoms. The molecule has 1 aliphatic rings. The highest BCUT2D eigenvalue weighted by Gasteiger charge is 2.27. The largest absolute Gasteiger partial charge is 0.348 e. The van der Waals surface area contributed by atoms with Crippen molar-refractivity contribution in [2.24, 2.45) is 20.0 Å². The molecule has 1 heterocycles. The second-order valence-corrected chi connectivity index (χ2v) is 6.51. The Morgan fingerprint density at radius 2 is 1.96 bits per heavy atom. The third-order valence-corrected chi connectivity index (χ3v) is 4.74. The van der Waals surface area contributed by atoms with Gasteiger partial charge in [-0.25, -0.2) is 4.79 Å². The Balaban J connectivity index is 1.58. The van der Waals surface area contributed by atoms with Crippen LogP contribution < -0.4 is 11.0 Å². The first-order valence-electron chi connectivity index (χ1n) is 8.11. The topological polar surface area (TPSA) is 56.0 Å². The van der Waals surface area contributed by atoms with E-state index in [2.05, 4.69) is 29.6 Å². The predicted molar refractivity (Wildman–Crippen MR) is 89.4 cm³/mol. The summed E-state index contributed by atoms with van der Waals surface area (Å²) in [6.07, 6.45) is 5.80. The van der Waals surface area contributed by atoms with E-state index in [0.717, 1.165) is 25.7 Å². The van der Waals surface area contributed by atoms with Gasteiger partial charge in [0.2, 0.25) is 0 Å². The Kier molecular flexibility index (Phi) is 4.37. The Morgan fingerprint density at radius 3 is 2.61 bits per heavy atom. The first-order chi connectivity index (χ1) is 11.0. The minimum absolute atomic E-state index is 0.157. The third-order valence-electron chi connectivity index (χ3n) is 4.74. The summed E-state index contributed by atoms with van der Waals surface area (Å²) < 4.78 is 2.83. The van der Waals surface area contributed by atoms with E-state index in [1.54, 1.807) is 20.3 Å². The molecule has 0 aliphatic heterocycles. The van der Waals surface area contributed by atoms with Crippen molar-refractivity contribution in [1.82, 2.24) is 14.5 Å². The van der Waals surface area contributed by atoms with E-state index in [1.807, 2.05) is 6.07 Å². The lowest BCUT2D eigenvalue weighted by atomic mass is 9.98. The van der Waals surface area contributed by atoms with Crippen molar-refractivity contribution >= 4 is 5.91 Å². The van der Waals surface area contributed by atoms with Crippen LogP contribution in [0.1, 0.15) is 35.3 Å². The number of hydrogen-bond donors (Lipinski definition) is 1. The van der Waals surface area contributed by atoms with E-state index in [1.165, 1.54) is 14.7 Å². The summed E-state index contributed by atoms with van der Waals surface area (Å²) in [5.41, 5.74) is 1.60. The van der Waals surface area contributed by atoms with Gasteiger partial charge >= 0.3 is 5.69 Å². The average molecular weight is 313 g/mol. The molecule has 122 valence electrons. The van der Waals surface area contributed by atoms with Crippen molar-refractivity contribution < 1.29 is 4.79 Å². The molecule has 1 amide bonds. The van der Waals surface area contributed by atoms with Crippen LogP contribution in [0.15, 0.2) is 41.3 Å². The summed E-state index contributed by atoms with van der Waals surface area (Å²) in [6, 6.07) is 10.7. The Hall–Kier alpha value is -2.30. The molecule has 0 saturated heterocycles. The van der Waals surface area contributed by atoms with E-state index in [9.17, 15) is 9.59 Å². The first-order valence-corrected chi connectivity index (χ1v) is 8.11. The number of nitrogens with zero attached hydrogens (tertiary/aromatic N) is 2. The number of amides is 1. The van der Waals surface area contributed by atoms with Gasteiger partial charge in [-0.05, 0) is 37.2 Å². The summed E-state index contributed by atoms with van der Waals surface area (Å²) in [5.74, 6) is 0.456. The van der Waals surface area contributed by atoms with E-state index in [0.29, 0.717) is 11.6 Å². The maximum atomic E-state index is 12.4. The summed E-state index contributed by atoms with van der Waals surface area (Å²) in [7, 11) is 3.29. The number of imidazole rings is 1. The lowest BCUT2D eigenvalue weighted by molar-refractivity contribution is 0.0928. The molecule has 1 aromatic carbocycles. The van der Waals surface area contributed by atoms with Gasteiger partial charge in [0.1, 0.15) is 5.69 Å². The molecule has 2 unspecified atom stereocenters. The molecule has 1 fully saturated rings. The monoisotopic (exact) mass is 313 g/mol. The molecule has 0 radical (unpaired) electrons. The zero-order valence-corrected chi connectivity index (χ0v) is 13.7. The summed E-state index contributed by atoms with van der Waals surface area (Å²) >= 11 is 0. The molecule has 1 saturated carbocycles. The lowest BCUT2D eigenvalue weighted by Crippen LogP contribution is -2.35. The van der Waals surface area contributed by atoms with Crippen LogP contribution in [0.4, 0.5) is 0 Å². The van der Waals surface area contributed by atoms with Gasteiger partial charge in [-0.15, -0.1) is 0 Å². The molecule has 2 atom stereocenters. The number of carbonyl (C=O) groups excluding carboxylic acids is 1. The lowest BCUT2D eigenvalue weighted by Gasteiger charge is -2.13. The van der Waals surface area contributed by atoms with Crippen molar-refractivity contribution in [1.29, 1.82) is 0 Å². The average Bonchev–Trinajstić information content (AvgIpc) is 3.08. The normalized spacial score (nSPS) is 20.6. The Labute approximate surface area is 135 Å². The molecule has 1 aliphatic carbocycles. The van der Waals surface area contributed by atoms with Crippen molar-refractivity contribution in [3.8, 4) is 0 Å². The highest BCUT2D eigenvalue weighted by molar-refractivity contribution is 5.92. The van der Waals surface area contributed by atoms with Crippen molar-refractivity contribution in [3.63, 3.8) is 0 Å². The number of nitrogens with one attached hydrogen (secondary N) is 1. The van der Waals surface area contributed by atoms with E-state index < -0.39 is 0 Å². The smallest absolute Gasteiger partial charge is 0.328 e. The number of rotatable bonds is 4. The molecule has 2 aromatic rings. The molecule has 0 spiro atoms. The number of aryl methyl sites for hydroxylation is 1. The van der Waals surface area contributed by atoms with Gasteiger partial charge in [0.05, 0.1) is 0 Å². The van der Waals surface area contributed by atoms with Gasteiger partial charge < -0.3 is 9.88 Å². The second kappa shape index (κ2) is 6.44. The van der Waals surface area contributed by atoms with Crippen LogP contribution in [0.5, 0.6) is 0 Å². The minimum atomic E-state index is -0.177. The molecule has 23 heavy (non-hydrogen) atoms. The molecular formula is C18H23N3O2. The van der Waals surface area contributed by atoms with Crippen molar-refractivity contribution in [3.05, 3.63) is 58.3 Å². The third kappa shape index (κ3) is 3.38. The second-order valence-electron chi connectivity index (χ2n) is 6.51. The fourth-order valence-electron chi connectivity index (χ4n) is 3.47. The Bertz CT molecular complexity index is 745. The molecule has 5 nitrogen and oxygen atoms in total. The molecule has 1 N–H and O–H groups in total. The fourth-order valence-corrected chi connectivity index (χ4v) is 3.47. The first kappa shape index (κ1) is 15.6. The minimum Gasteiger partial charge on any atom is -0.348 e. The SMILES string of the molecule is Cn1cc(C(=O)NC2CCC(Cc3ccccc3)C2)n(C)c1=O. The van der Waals surface area contributed by atoms with E-state index >= 15 is 0 Å². The molecular weight excluding hydrogens is 290 g/mol. The van der Waals surface area contributed by atoms with Gasteiger partial charge in [0, 0.05) is 26.3 Å². The highest BCUT2D eigenvalue weighted by Crippen LogP contribution is 2.28. The van der Waals surface area contributed by atoms with Crippen LogP contribution in [0.3, 0.4) is 0 Å². The van der Waals surface area contributed by atoms with Gasteiger partial charge in [0.15, 0.2) is 0 Å². The van der Waals surface area contributed by atoms with Crippen LogP contribution >= 0.6 is 0 Å². The van der Waals surface area contributed by atoms with Gasteiger partial charge in [-0.1, -0.05) is 30.3 Å². The van der Waals surface area contributed by atoms with Crippen molar-refractivity contribution in [2.45, 2.75) is 31.7 Å². The maximum Gasteiger partial charge on any atom is 0.328 e. The van der Waals surface area contributed by atoms with Crippen LogP contribution in [-0.2, 0) is 20.5 Å². The fraction of sp³-hybridized carbons (Fsp3) is 0.444. The summed E-state index contributed by atoms with van der Waals surface area (Å²) in [6.45, 7) is 0. The molecule has 1 aromatic heterocycles. The number of carbonyl (C=O) groups is 1. The quantitative estimate of drug-likeness (QED) is 0.937. The summed E-state index contributed by atoms with van der Waals surface area (Å²) in [5, 5.41) is 3.08. The van der Waals surface area contributed by atoms with E-state index in [-0.39, 0.29) is 17.6 Å². The van der Waals surface area contributed by atoms with Gasteiger partial charge in [-0.3, -0.25) is 9.36 Å². The van der Waals surface area contributed by atoms with Gasteiger partial charge in [0.25, 0.3) is 5.91 Å². The van der Waals surface area contributed by atoms with Crippen LogP contribution in [0.25, 0.3) is 0 Å². The molecule has 0 bridgehead atoms. The van der Waals surface area contributed by atoms with Crippen molar-refractivity contribution in [2.75, 3.05) is 0 Å². The van der Waals surface area contributed by atoms with Crippen LogP contribution in [-0.4, -0.2) is 21.1 Å². The standard InChI is InChI=1S/C18H23N3O2/c1-20-12-16(21(2)18(20)23)17(22)19-15-9-8-14(11-15)10-13-6-4-3-5-7-13/h3-7,12,14-15H,8-11H2,1-2H3,(H,19,22). The van der Waals surface area contributed by atoms with Gasteiger partial charge in [-0.2, -0.15) is 0 Å². The number of aromatic nitrogens is 2. The van der Waals surface area contributed by atoms with E-state index in [4.69, 9.17) is 0 Å². The van der Waals surface area contributed by atoms with Crippen LogP contribution in [0.2, 0.25) is 0 Å². The predicted octanol–water partition coefficient (Wildman–Crippen LogP) is 1.87. The zero-order chi connectivity index (χ0) is 16.4.